The number of rotatable bonds is 9. The molecule has 0 N–H and O–H groups in total. The second-order valence-corrected chi connectivity index (χ2v) is 4.25. The lowest BCUT2D eigenvalue weighted by molar-refractivity contribution is 0.424. The van der Waals surface area contributed by atoms with Crippen LogP contribution in [0.1, 0.15) is 59.8 Å². The van der Waals surface area contributed by atoms with Crippen molar-refractivity contribution in [3.05, 3.63) is 11.8 Å². The fourth-order valence-electron chi connectivity index (χ4n) is 1.72. The maximum atomic E-state index is 5.96. The van der Waals surface area contributed by atoms with E-state index in [1.807, 2.05) is 0 Å². The Hall–Kier alpha value is -0.395. The van der Waals surface area contributed by atoms with E-state index in [1.165, 1.54) is 38.3 Å². The Morgan fingerprint density at radius 2 is 1.60 bits per heavy atom. The Morgan fingerprint density at radius 1 is 1.07 bits per heavy atom. The zero-order valence-corrected chi connectivity index (χ0v) is 11.0. The van der Waals surface area contributed by atoms with Crippen LogP contribution in [-0.4, -0.2) is 6.92 Å². The standard InChI is InChI=1S/C13H27BO/c1-5-8-11-14(12-9-6-2)15-13(4)10-7-3/h10H,5-9,11-12H2,1-4H3/b13-10-. The van der Waals surface area contributed by atoms with Crippen LogP contribution in [0.15, 0.2) is 11.8 Å². The normalized spacial score (nSPS) is 11.6. The van der Waals surface area contributed by atoms with Gasteiger partial charge in [-0.3, -0.25) is 0 Å². The first-order chi connectivity index (χ1) is 7.24. The summed E-state index contributed by atoms with van der Waals surface area (Å²) in [4.78, 5) is 0. The van der Waals surface area contributed by atoms with E-state index < -0.39 is 0 Å². The van der Waals surface area contributed by atoms with Crippen molar-refractivity contribution in [3.63, 3.8) is 0 Å². The van der Waals surface area contributed by atoms with Gasteiger partial charge in [0.2, 0.25) is 0 Å². The van der Waals surface area contributed by atoms with E-state index in [1.54, 1.807) is 0 Å². The maximum absolute atomic E-state index is 5.96. The highest BCUT2D eigenvalue weighted by Gasteiger charge is 2.15. The second-order valence-electron chi connectivity index (χ2n) is 4.25. The van der Waals surface area contributed by atoms with E-state index >= 15 is 0 Å². The minimum atomic E-state index is 0.452. The van der Waals surface area contributed by atoms with E-state index in [-0.39, 0.29) is 0 Å². The fourth-order valence-corrected chi connectivity index (χ4v) is 1.72. The Kier molecular flexibility index (Phi) is 9.87. The van der Waals surface area contributed by atoms with Crippen molar-refractivity contribution in [1.29, 1.82) is 0 Å². The minimum Gasteiger partial charge on any atom is -0.564 e. The monoisotopic (exact) mass is 210 g/mol. The van der Waals surface area contributed by atoms with Crippen molar-refractivity contribution >= 4 is 6.92 Å². The summed E-state index contributed by atoms with van der Waals surface area (Å²) in [6, 6.07) is 0. The van der Waals surface area contributed by atoms with Crippen LogP contribution >= 0.6 is 0 Å². The first-order valence-electron chi connectivity index (χ1n) is 6.57. The fraction of sp³-hybridized carbons (Fsp3) is 0.846. The molecule has 15 heavy (non-hydrogen) atoms. The lowest BCUT2D eigenvalue weighted by Gasteiger charge is -2.15. The first-order valence-corrected chi connectivity index (χ1v) is 6.57. The van der Waals surface area contributed by atoms with Crippen LogP contribution in [0.5, 0.6) is 0 Å². The van der Waals surface area contributed by atoms with E-state index in [2.05, 4.69) is 33.8 Å². The molecule has 1 nitrogen and oxygen atoms in total. The van der Waals surface area contributed by atoms with Crippen molar-refractivity contribution in [2.24, 2.45) is 0 Å². The van der Waals surface area contributed by atoms with Crippen LogP contribution in [0.3, 0.4) is 0 Å². The average molecular weight is 210 g/mol. The molecule has 0 saturated heterocycles. The van der Waals surface area contributed by atoms with Gasteiger partial charge in [0.1, 0.15) is 0 Å². The van der Waals surface area contributed by atoms with E-state index in [0.717, 1.165) is 12.2 Å². The van der Waals surface area contributed by atoms with Gasteiger partial charge in [-0.1, -0.05) is 46.5 Å². The molecule has 0 aliphatic rings. The second kappa shape index (κ2) is 10.1. The molecule has 0 aromatic heterocycles. The molecule has 0 bridgehead atoms. The van der Waals surface area contributed by atoms with Crippen LogP contribution in [0.2, 0.25) is 12.6 Å². The number of unbranched alkanes of at least 4 members (excludes halogenated alkanes) is 2. The molecule has 2 heteroatoms. The van der Waals surface area contributed by atoms with Crippen molar-refractivity contribution < 1.29 is 4.65 Å². The van der Waals surface area contributed by atoms with Gasteiger partial charge in [0.25, 0.3) is 0 Å². The van der Waals surface area contributed by atoms with E-state index in [9.17, 15) is 0 Å². The molecule has 0 aromatic carbocycles. The van der Waals surface area contributed by atoms with Crippen LogP contribution in [0.25, 0.3) is 0 Å². The van der Waals surface area contributed by atoms with Gasteiger partial charge in [-0.25, -0.2) is 0 Å². The van der Waals surface area contributed by atoms with Crippen molar-refractivity contribution in [1.82, 2.24) is 0 Å². The molecule has 0 aromatic rings. The zero-order chi connectivity index (χ0) is 11.5. The molecule has 0 fully saturated rings. The van der Waals surface area contributed by atoms with Gasteiger partial charge in [-0.15, -0.1) is 0 Å². The summed E-state index contributed by atoms with van der Waals surface area (Å²) in [5, 5.41) is 0. The summed E-state index contributed by atoms with van der Waals surface area (Å²) in [5.74, 6) is 1.11. The Labute approximate surface area is 96.4 Å². The molecule has 88 valence electrons. The number of hydrogen-bond donors (Lipinski definition) is 0. The van der Waals surface area contributed by atoms with Crippen LogP contribution in [-0.2, 0) is 4.65 Å². The van der Waals surface area contributed by atoms with Crippen molar-refractivity contribution in [2.75, 3.05) is 0 Å². The summed E-state index contributed by atoms with van der Waals surface area (Å²) in [6.07, 6.45) is 10.8. The summed E-state index contributed by atoms with van der Waals surface area (Å²) in [6.45, 7) is 9.17. The summed E-state index contributed by atoms with van der Waals surface area (Å²) >= 11 is 0. The minimum absolute atomic E-state index is 0.452. The third-order valence-corrected chi connectivity index (χ3v) is 2.60. The summed E-state index contributed by atoms with van der Waals surface area (Å²) in [7, 11) is 0. The Balaban J connectivity index is 3.92. The molecule has 0 aliphatic carbocycles. The van der Waals surface area contributed by atoms with Crippen LogP contribution in [0, 0.1) is 0 Å². The summed E-state index contributed by atoms with van der Waals surface area (Å²) in [5.41, 5.74) is 0. The van der Waals surface area contributed by atoms with Gasteiger partial charge < -0.3 is 4.65 Å². The molecule has 0 saturated carbocycles. The quantitative estimate of drug-likeness (QED) is 0.388. The highest BCUT2D eigenvalue weighted by Crippen LogP contribution is 2.14. The third kappa shape index (κ3) is 8.59. The molecule has 0 spiro atoms. The molecular weight excluding hydrogens is 183 g/mol. The topological polar surface area (TPSA) is 9.23 Å². The van der Waals surface area contributed by atoms with Gasteiger partial charge in [-0.2, -0.15) is 0 Å². The van der Waals surface area contributed by atoms with Crippen LogP contribution < -0.4 is 0 Å². The van der Waals surface area contributed by atoms with Gasteiger partial charge in [0.05, 0.1) is 5.76 Å². The largest absolute Gasteiger partial charge is 0.564 e. The lowest BCUT2D eigenvalue weighted by Crippen LogP contribution is -2.16. The molecule has 0 amide bonds. The lowest BCUT2D eigenvalue weighted by atomic mass is 9.59. The molecular formula is C13H27BO. The van der Waals surface area contributed by atoms with Gasteiger partial charge >= 0.3 is 6.92 Å². The van der Waals surface area contributed by atoms with Crippen molar-refractivity contribution in [3.8, 4) is 0 Å². The molecule has 0 aliphatic heterocycles. The van der Waals surface area contributed by atoms with Gasteiger partial charge in [-0.05, 0) is 32.1 Å². The SMILES string of the molecule is CC/C=C(/C)OB(CCCC)CCCC. The molecule has 0 rings (SSSR count). The maximum Gasteiger partial charge on any atom is 0.357 e. The smallest absolute Gasteiger partial charge is 0.357 e. The average Bonchev–Trinajstić information content (AvgIpc) is 2.22. The van der Waals surface area contributed by atoms with E-state index in [0.29, 0.717) is 6.92 Å². The predicted octanol–water partition coefficient (Wildman–Crippen LogP) is 4.91. The van der Waals surface area contributed by atoms with Crippen LogP contribution in [0.4, 0.5) is 0 Å². The first kappa shape index (κ1) is 14.6. The van der Waals surface area contributed by atoms with E-state index in [4.69, 9.17) is 4.65 Å². The van der Waals surface area contributed by atoms with Crippen molar-refractivity contribution in [2.45, 2.75) is 72.4 Å². The third-order valence-electron chi connectivity index (χ3n) is 2.60. The molecule has 0 atom stereocenters. The summed E-state index contributed by atoms with van der Waals surface area (Å²) < 4.78 is 5.96. The Bertz CT molecular complexity index is 158. The predicted molar refractivity (Wildman–Crippen MR) is 70.3 cm³/mol. The highest BCUT2D eigenvalue weighted by atomic mass is 16.4. The Morgan fingerprint density at radius 3 is 2.00 bits per heavy atom. The molecule has 0 radical (unpaired) electrons. The van der Waals surface area contributed by atoms with Gasteiger partial charge in [0, 0.05) is 0 Å². The van der Waals surface area contributed by atoms with Gasteiger partial charge in [0.15, 0.2) is 0 Å². The highest BCUT2D eigenvalue weighted by molar-refractivity contribution is 6.52. The number of allylic oxidation sites excluding steroid dienone is 2. The molecule has 0 heterocycles. The number of hydrogen-bond acceptors (Lipinski definition) is 1. The molecule has 0 unspecified atom stereocenters. The zero-order valence-electron chi connectivity index (χ0n) is 11.0.